The van der Waals surface area contributed by atoms with Crippen molar-refractivity contribution in [3.63, 3.8) is 0 Å². The minimum absolute atomic E-state index is 0.141. The van der Waals surface area contributed by atoms with E-state index in [9.17, 15) is 9.18 Å². The summed E-state index contributed by atoms with van der Waals surface area (Å²) >= 11 is 4.76. The van der Waals surface area contributed by atoms with Crippen LogP contribution >= 0.6 is 27.3 Å². The highest BCUT2D eigenvalue weighted by Gasteiger charge is 2.16. The summed E-state index contributed by atoms with van der Waals surface area (Å²) in [6.07, 6.45) is 0. The van der Waals surface area contributed by atoms with Crippen molar-refractivity contribution in [3.05, 3.63) is 80.5 Å². The maximum atomic E-state index is 12.9. The molecule has 7 heteroatoms. The van der Waals surface area contributed by atoms with Crippen LogP contribution in [0.2, 0.25) is 0 Å². The van der Waals surface area contributed by atoms with E-state index in [2.05, 4.69) is 20.9 Å². The van der Waals surface area contributed by atoms with Crippen molar-refractivity contribution in [2.24, 2.45) is 0 Å². The quantitative estimate of drug-likeness (QED) is 0.554. The van der Waals surface area contributed by atoms with E-state index < -0.39 is 0 Å². The number of aromatic nitrogens is 1. The minimum atomic E-state index is -0.312. The Morgan fingerprint density at radius 1 is 1.19 bits per heavy atom. The molecule has 0 bridgehead atoms. The molecule has 2 aromatic carbocycles. The number of carbonyl (C=O) groups excluding carboxylic acids is 1. The van der Waals surface area contributed by atoms with E-state index in [4.69, 9.17) is 4.74 Å². The first-order valence-corrected chi connectivity index (χ1v) is 9.51. The van der Waals surface area contributed by atoms with Crippen LogP contribution in [-0.2, 0) is 13.2 Å². The van der Waals surface area contributed by atoms with E-state index in [1.165, 1.54) is 23.5 Å². The molecule has 26 heavy (non-hydrogen) atoms. The zero-order valence-electron chi connectivity index (χ0n) is 14.0. The standard InChI is InChI=1S/C19H16BrFN2O2S/c1-23(10-13-2-4-14(20)5-3-13)19(24)17-12-26-18(22-17)11-25-16-8-6-15(21)7-9-16/h2-9,12H,10-11H2,1H3. The molecular weight excluding hydrogens is 419 g/mol. The van der Waals surface area contributed by atoms with Crippen LogP contribution in [0.15, 0.2) is 58.4 Å². The molecular formula is C19H16BrFN2O2S. The predicted molar refractivity (Wildman–Crippen MR) is 103 cm³/mol. The summed E-state index contributed by atoms with van der Waals surface area (Å²) in [6.45, 7) is 0.741. The molecule has 134 valence electrons. The number of amides is 1. The van der Waals surface area contributed by atoms with Crippen LogP contribution in [0.4, 0.5) is 4.39 Å². The van der Waals surface area contributed by atoms with Crippen molar-refractivity contribution in [2.45, 2.75) is 13.2 Å². The Kier molecular flexibility index (Phi) is 6.00. The SMILES string of the molecule is CN(Cc1ccc(Br)cc1)C(=O)c1csc(COc2ccc(F)cc2)n1. The monoisotopic (exact) mass is 434 g/mol. The van der Waals surface area contributed by atoms with Gasteiger partial charge in [0, 0.05) is 23.4 Å². The normalized spacial score (nSPS) is 10.6. The average Bonchev–Trinajstić information content (AvgIpc) is 3.11. The van der Waals surface area contributed by atoms with E-state index in [1.54, 1.807) is 29.5 Å². The van der Waals surface area contributed by atoms with Crippen LogP contribution in [0.5, 0.6) is 5.75 Å². The zero-order valence-corrected chi connectivity index (χ0v) is 16.4. The largest absolute Gasteiger partial charge is 0.486 e. The Morgan fingerprint density at radius 2 is 1.88 bits per heavy atom. The molecule has 0 aliphatic heterocycles. The fourth-order valence-electron chi connectivity index (χ4n) is 2.28. The molecule has 0 radical (unpaired) electrons. The second-order valence-electron chi connectivity index (χ2n) is 5.66. The molecule has 0 unspecified atom stereocenters. The number of rotatable bonds is 6. The topological polar surface area (TPSA) is 42.4 Å². The number of hydrogen-bond acceptors (Lipinski definition) is 4. The average molecular weight is 435 g/mol. The second-order valence-corrected chi connectivity index (χ2v) is 7.52. The third-order valence-electron chi connectivity index (χ3n) is 3.63. The Bertz CT molecular complexity index is 881. The molecule has 0 aliphatic carbocycles. The van der Waals surface area contributed by atoms with Gasteiger partial charge in [0.05, 0.1) is 0 Å². The highest BCUT2D eigenvalue weighted by atomic mass is 79.9. The van der Waals surface area contributed by atoms with Crippen LogP contribution in [0.1, 0.15) is 21.1 Å². The Labute approximate surface area is 163 Å². The highest BCUT2D eigenvalue weighted by molar-refractivity contribution is 9.10. The predicted octanol–water partition coefficient (Wildman–Crippen LogP) is 4.90. The van der Waals surface area contributed by atoms with Crippen LogP contribution in [0.3, 0.4) is 0 Å². The second kappa shape index (κ2) is 8.42. The fraction of sp³-hybridized carbons (Fsp3) is 0.158. The van der Waals surface area contributed by atoms with Crippen LogP contribution in [0, 0.1) is 5.82 Å². The molecule has 3 rings (SSSR count). The number of nitrogens with zero attached hydrogens (tertiary/aromatic N) is 2. The maximum Gasteiger partial charge on any atom is 0.273 e. The van der Waals surface area contributed by atoms with Gasteiger partial charge in [-0.2, -0.15) is 0 Å². The van der Waals surface area contributed by atoms with Gasteiger partial charge >= 0.3 is 0 Å². The van der Waals surface area contributed by atoms with Crippen molar-refractivity contribution in [3.8, 4) is 5.75 Å². The van der Waals surface area contributed by atoms with Crippen molar-refractivity contribution in [1.82, 2.24) is 9.88 Å². The molecule has 4 nitrogen and oxygen atoms in total. The van der Waals surface area contributed by atoms with Crippen molar-refractivity contribution in [1.29, 1.82) is 0 Å². The summed E-state index contributed by atoms with van der Waals surface area (Å²) in [5, 5.41) is 2.42. The first kappa shape index (κ1) is 18.5. The van der Waals surface area contributed by atoms with E-state index in [0.717, 1.165) is 10.0 Å². The molecule has 0 spiro atoms. The van der Waals surface area contributed by atoms with Gasteiger partial charge < -0.3 is 9.64 Å². The summed E-state index contributed by atoms with van der Waals surface area (Å²) < 4.78 is 19.4. The molecule has 3 aromatic rings. The lowest BCUT2D eigenvalue weighted by atomic mass is 10.2. The molecule has 1 aromatic heterocycles. The van der Waals surface area contributed by atoms with Gasteiger partial charge in [0.15, 0.2) is 0 Å². The van der Waals surface area contributed by atoms with Crippen molar-refractivity contribution >= 4 is 33.2 Å². The lowest BCUT2D eigenvalue weighted by Crippen LogP contribution is -2.26. The minimum Gasteiger partial charge on any atom is -0.486 e. The van der Waals surface area contributed by atoms with Crippen molar-refractivity contribution in [2.75, 3.05) is 7.05 Å². The number of halogens is 2. The first-order valence-electron chi connectivity index (χ1n) is 7.84. The molecule has 0 aliphatic rings. The molecule has 1 heterocycles. The lowest BCUT2D eigenvalue weighted by Gasteiger charge is -2.16. The highest BCUT2D eigenvalue weighted by Crippen LogP contribution is 2.18. The third kappa shape index (κ3) is 4.89. The summed E-state index contributed by atoms with van der Waals surface area (Å²) in [5.41, 5.74) is 1.44. The molecule has 0 saturated heterocycles. The molecule has 0 atom stereocenters. The smallest absolute Gasteiger partial charge is 0.273 e. The zero-order chi connectivity index (χ0) is 18.5. The van der Waals surface area contributed by atoms with Gasteiger partial charge in [0.2, 0.25) is 0 Å². The van der Waals surface area contributed by atoms with E-state index in [0.29, 0.717) is 23.0 Å². The number of thiazole rings is 1. The lowest BCUT2D eigenvalue weighted by molar-refractivity contribution is 0.0779. The van der Waals surface area contributed by atoms with Gasteiger partial charge in [-0.05, 0) is 42.0 Å². The number of hydrogen-bond donors (Lipinski definition) is 0. The maximum absolute atomic E-state index is 12.9. The molecule has 0 fully saturated rings. The van der Waals surface area contributed by atoms with Gasteiger partial charge in [0.1, 0.15) is 28.9 Å². The molecule has 0 N–H and O–H groups in total. The van der Waals surface area contributed by atoms with Gasteiger partial charge in [-0.1, -0.05) is 28.1 Å². The summed E-state index contributed by atoms with van der Waals surface area (Å²) in [5.74, 6) is 0.104. The van der Waals surface area contributed by atoms with Gasteiger partial charge in [-0.3, -0.25) is 4.79 Å². The molecule has 0 saturated carbocycles. The van der Waals surface area contributed by atoms with Crippen LogP contribution in [0.25, 0.3) is 0 Å². The van der Waals surface area contributed by atoms with E-state index in [1.807, 2.05) is 24.3 Å². The van der Waals surface area contributed by atoms with E-state index in [-0.39, 0.29) is 18.3 Å². The van der Waals surface area contributed by atoms with Gasteiger partial charge in [-0.25, -0.2) is 9.37 Å². The molecule has 1 amide bonds. The number of carbonyl (C=O) groups is 1. The Hall–Kier alpha value is -2.25. The summed E-state index contributed by atoms with van der Waals surface area (Å²) in [4.78, 5) is 18.5. The van der Waals surface area contributed by atoms with Crippen LogP contribution in [-0.4, -0.2) is 22.8 Å². The van der Waals surface area contributed by atoms with Gasteiger partial charge in [-0.15, -0.1) is 11.3 Å². The summed E-state index contributed by atoms with van der Waals surface area (Å²) in [7, 11) is 1.75. The Morgan fingerprint density at radius 3 is 2.58 bits per heavy atom. The van der Waals surface area contributed by atoms with Crippen molar-refractivity contribution < 1.29 is 13.9 Å². The van der Waals surface area contributed by atoms with E-state index >= 15 is 0 Å². The summed E-state index contributed by atoms with van der Waals surface area (Å²) in [6, 6.07) is 13.6. The third-order valence-corrected chi connectivity index (χ3v) is 4.98. The Balaban J connectivity index is 1.58. The number of ether oxygens (including phenoxy) is 1. The van der Waals surface area contributed by atoms with Gasteiger partial charge in [0.25, 0.3) is 5.91 Å². The van der Waals surface area contributed by atoms with Crippen LogP contribution < -0.4 is 4.74 Å². The number of benzene rings is 2. The first-order chi connectivity index (χ1) is 12.5. The fourth-order valence-corrected chi connectivity index (χ4v) is 3.23.